The zero-order chi connectivity index (χ0) is 22.0. The van der Waals surface area contributed by atoms with Crippen molar-refractivity contribution in [3.05, 3.63) is 45.5 Å². The molecule has 3 N–H and O–H groups in total. The largest absolute Gasteiger partial charge is 0.507 e. The van der Waals surface area contributed by atoms with Gasteiger partial charge in [-0.15, -0.1) is 0 Å². The van der Waals surface area contributed by atoms with E-state index >= 15 is 0 Å². The summed E-state index contributed by atoms with van der Waals surface area (Å²) in [5.41, 5.74) is -0.405. The Morgan fingerprint density at radius 1 is 0.793 bits per heavy atom. The number of ether oxygens (including phenoxy) is 3. The summed E-state index contributed by atoms with van der Waals surface area (Å²) < 4.78 is 14.9. The van der Waals surface area contributed by atoms with E-state index in [2.05, 4.69) is 4.74 Å². The summed E-state index contributed by atoms with van der Waals surface area (Å²) in [6.45, 7) is 4.41. The normalized spacial score (nSPS) is 10.4. The van der Waals surface area contributed by atoms with Gasteiger partial charge in [-0.2, -0.15) is 0 Å². The molecule has 0 aliphatic heterocycles. The minimum Gasteiger partial charge on any atom is -0.507 e. The van der Waals surface area contributed by atoms with E-state index in [0.717, 1.165) is 0 Å². The Hall–Kier alpha value is -3.75. The van der Waals surface area contributed by atoms with Crippen molar-refractivity contribution in [1.82, 2.24) is 0 Å². The second kappa shape index (κ2) is 8.09. The Kier molecular flexibility index (Phi) is 6.01. The van der Waals surface area contributed by atoms with Crippen LogP contribution in [0.15, 0.2) is 12.1 Å². The van der Waals surface area contributed by atoms with E-state index in [-0.39, 0.29) is 33.8 Å². The molecule has 0 amide bonds. The zero-order valence-corrected chi connectivity index (χ0v) is 16.4. The van der Waals surface area contributed by atoms with Crippen molar-refractivity contribution in [2.24, 2.45) is 0 Å². The first-order valence-electron chi connectivity index (χ1n) is 8.32. The summed E-state index contributed by atoms with van der Waals surface area (Å²) in [4.78, 5) is 36.0. The highest BCUT2D eigenvalue weighted by atomic mass is 16.5. The minimum atomic E-state index is -1.49. The van der Waals surface area contributed by atoms with Gasteiger partial charge in [-0.3, -0.25) is 0 Å². The lowest BCUT2D eigenvalue weighted by Gasteiger charge is -2.16. The van der Waals surface area contributed by atoms with E-state index in [1.165, 1.54) is 47.1 Å². The van der Waals surface area contributed by atoms with Crippen LogP contribution in [0.4, 0.5) is 0 Å². The van der Waals surface area contributed by atoms with Crippen molar-refractivity contribution >= 4 is 17.9 Å². The van der Waals surface area contributed by atoms with Crippen LogP contribution in [0.1, 0.15) is 47.8 Å². The molecule has 0 spiro atoms. The number of phenolic OH excluding ortho intramolecular Hbond substituents is 1. The number of aromatic carboxylic acids is 1. The number of esters is 2. The number of phenols is 2. The van der Waals surface area contributed by atoms with Crippen LogP contribution in [0.25, 0.3) is 0 Å². The number of methoxy groups -OCH3 is 2. The third kappa shape index (κ3) is 3.79. The molecule has 0 atom stereocenters. The van der Waals surface area contributed by atoms with Crippen LogP contribution in [-0.4, -0.2) is 47.4 Å². The maximum Gasteiger partial charge on any atom is 0.347 e. The molecule has 9 heteroatoms. The molecule has 0 saturated carbocycles. The topological polar surface area (TPSA) is 140 Å². The number of carbonyl (C=O) groups is 3. The number of rotatable bonds is 5. The summed E-state index contributed by atoms with van der Waals surface area (Å²) in [5, 5.41) is 30.0. The third-order valence-corrected chi connectivity index (χ3v) is 4.40. The lowest BCUT2D eigenvalue weighted by molar-refractivity contribution is 0.0595. The smallest absolute Gasteiger partial charge is 0.347 e. The number of benzene rings is 2. The Labute approximate surface area is 166 Å². The molecule has 2 aromatic carbocycles. The molecule has 29 heavy (non-hydrogen) atoms. The highest BCUT2D eigenvalue weighted by molar-refractivity contribution is 6.03. The Balaban J connectivity index is 2.55. The van der Waals surface area contributed by atoms with Gasteiger partial charge in [0.1, 0.15) is 39.7 Å². The predicted molar refractivity (Wildman–Crippen MR) is 100 cm³/mol. The van der Waals surface area contributed by atoms with Crippen LogP contribution < -0.4 is 9.47 Å². The lowest BCUT2D eigenvalue weighted by Crippen LogP contribution is -2.15. The van der Waals surface area contributed by atoms with Crippen molar-refractivity contribution in [3.63, 3.8) is 0 Å². The molecule has 0 aliphatic carbocycles. The molecule has 0 unspecified atom stereocenters. The summed E-state index contributed by atoms with van der Waals surface area (Å²) in [7, 11) is 2.40. The number of carboxylic acid groups (broad SMARTS) is 1. The molecule has 0 aliphatic rings. The summed E-state index contributed by atoms with van der Waals surface area (Å²) in [5.74, 6) is -4.68. The standard InChI is InChI=1S/C20H20O9/c1-8-6-11(10(3)16(21)13(8)19(25)28-5)29-20(26)14-9(2)7-12(27-4)15(17(14)22)18(23)24/h6-7,21-22H,1-5H3,(H,23,24). The van der Waals surface area contributed by atoms with E-state index in [1.54, 1.807) is 0 Å². The van der Waals surface area contributed by atoms with E-state index in [9.17, 15) is 29.7 Å². The number of carbonyl (C=O) groups excluding carboxylic acids is 2. The fourth-order valence-electron chi connectivity index (χ4n) is 2.88. The van der Waals surface area contributed by atoms with Gasteiger partial charge >= 0.3 is 17.9 Å². The van der Waals surface area contributed by atoms with Crippen molar-refractivity contribution < 1.29 is 43.9 Å². The number of aryl methyl sites for hydroxylation is 2. The van der Waals surface area contributed by atoms with Gasteiger partial charge in [-0.25, -0.2) is 14.4 Å². The first-order chi connectivity index (χ1) is 13.5. The average molecular weight is 404 g/mol. The molecule has 9 nitrogen and oxygen atoms in total. The summed E-state index contributed by atoms with van der Waals surface area (Å²) >= 11 is 0. The van der Waals surface area contributed by atoms with Gasteiger partial charge in [-0.05, 0) is 44.0 Å². The molecular formula is C20H20O9. The molecule has 2 aromatic rings. The van der Waals surface area contributed by atoms with E-state index in [4.69, 9.17) is 9.47 Å². The van der Waals surface area contributed by atoms with Gasteiger partial charge in [0.25, 0.3) is 0 Å². The zero-order valence-electron chi connectivity index (χ0n) is 16.4. The van der Waals surface area contributed by atoms with Crippen LogP contribution in [0.2, 0.25) is 0 Å². The Morgan fingerprint density at radius 2 is 1.31 bits per heavy atom. The van der Waals surface area contributed by atoms with E-state index < -0.39 is 35.0 Å². The number of hydrogen-bond acceptors (Lipinski definition) is 8. The number of hydrogen-bond donors (Lipinski definition) is 3. The van der Waals surface area contributed by atoms with Gasteiger partial charge in [0.05, 0.1) is 14.2 Å². The predicted octanol–water partition coefficient (Wildman–Crippen LogP) is 2.74. The average Bonchev–Trinajstić information content (AvgIpc) is 2.64. The highest BCUT2D eigenvalue weighted by Crippen LogP contribution is 2.37. The first-order valence-corrected chi connectivity index (χ1v) is 8.32. The second-order valence-electron chi connectivity index (χ2n) is 6.22. The van der Waals surface area contributed by atoms with Crippen molar-refractivity contribution in [2.75, 3.05) is 14.2 Å². The fraction of sp³-hybridized carbons (Fsp3) is 0.250. The van der Waals surface area contributed by atoms with Gasteiger partial charge in [0.2, 0.25) is 0 Å². The van der Waals surface area contributed by atoms with Crippen LogP contribution in [0, 0.1) is 20.8 Å². The van der Waals surface area contributed by atoms with E-state index in [0.29, 0.717) is 5.56 Å². The quantitative estimate of drug-likeness (QED) is 0.507. The molecular weight excluding hydrogens is 384 g/mol. The van der Waals surface area contributed by atoms with Gasteiger partial charge in [0, 0.05) is 5.56 Å². The Morgan fingerprint density at radius 3 is 1.79 bits per heavy atom. The second-order valence-corrected chi connectivity index (χ2v) is 6.22. The number of aromatic hydroxyl groups is 2. The third-order valence-electron chi connectivity index (χ3n) is 4.40. The highest BCUT2D eigenvalue weighted by Gasteiger charge is 2.28. The maximum atomic E-state index is 12.7. The summed E-state index contributed by atoms with van der Waals surface area (Å²) in [6, 6.07) is 2.64. The maximum absolute atomic E-state index is 12.7. The molecule has 0 bridgehead atoms. The molecule has 154 valence electrons. The molecule has 0 fully saturated rings. The van der Waals surface area contributed by atoms with Crippen molar-refractivity contribution in [1.29, 1.82) is 0 Å². The van der Waals surface area contributed by atoms with Gasteiger partial charge in [0.15, 0.2) is 0 Å². The monoisotopic (exact) mass is 404 g/mol. The van der Waals surface area contributed by atoms with Crippen LogP contribution in [-0.2, 0) is 4.74 Å². The lowest BCUT2D eigenvalue weighted by atomic mass is 10.0. The summed E-state index contributed by atoms with van der Waals surface area (Å²) in [6.07, 6.45) is 0. The molecule has 0 aromatic heterocycles. The molecule has 0 radical (unpaired) electrons. The van der Waals surface area contributed by atoms with Crippen LogP contribution in [0.3, 0.4) is 0 Å². The van der Waals surface area contributed by atoms with Gasteiger partial charge in [-0.1, -0.05) is 0 Å². The van der Waals surface area contributed by atoms with E-state index in [1.807, 2.05) is 0 Å². The van der Waals surface area contributed by atoms with Crippen LogP contribution >= 0.6 is 0 Å². The fourth-order valence-corrected chi connectivity index (χ4v) is 2.88. The molecule has 2 rings (SSSR count). The molecule has 0 heterocycles. The van der Waals surface area contributed by atoms with Crippen molar-refractivity contribution in [3.8, 4) is 23.0 Å². The molecule has 0 saturated heterocycles. The first kappa shape index (κ1) is 21.5. The Bertz CT molecular complexity index is 1020. The SMILES string of the molecule is COC(=O)c1c(C)cc(OC(=O)c2c(C)cc(OC)c(C(=O)O)c2O)c(C)c1O. The number of carboxylic acids is 1. The van der Waals surface area contributed by atoms with Gasteiger partial charge < -0.3 is 29.5 Å². The van der Waals surface area contributed by atoms with Crippen LogP contribution in [0.5, 0.6) is 23.0 Å². The minimum absolute atomic E-state index is 0.0656. The van der Waals surface area contributed by atoms with Crippen molar-refractivity contribution in [2.45, 2.75) is 20.8 Å².